The maximum Gasteiger partial charge on any atom is 0.343 e. The molecule has 0 aliphatic rings. The Balaban J connectivity index is 2.31. The van der Waals surface area contributed by atoms with Crippen LogP contribution in [0.4, 0.5) is 4.39 Å². The first-order valence-electron chi connectivity index (χ1n) is 9.27. The van der Waals surface area contributed by atoms with Gasteiger partial charge in [0.15, 0.2) is 0 Å². The van der Waals surface area contributed by atoms with Crippen LogP contribution in [0.15, 0.2) is 53.7 Å². The van der Waals surface area contributed by atoms with Crippen LogP contribution in [0.3, 0.4) is 0 Å². The van der Waals surface area contributed by atoms with Gasteiger partial charge in [-0.05, 0) is 49.7 Å². The summed E-state index contributed by atoms with van der Waals surface area (Å²) in [6.45, 7) is 3.52. The molecule has 0 bridgehead atoms. The van der Waals surface area contributed by atoms with Crippen LogP contribution in [-0.2, 0) is 14.3 Å². The predicted octanol–water partition coefficient (Wildman–Crippen LogP) is 3.27. The third-order valence-electron chi connectivity index (χ3n) is 4.24. The van der Waals surface area contributed by atoms with Gasteiger partial charge < -0.3 is 14.0 Å². The summed E-state index contributed by atoms with van der Waals surface area (Å²) in [5.74, 6) is -2.07. The van der Waals surface area contributed by atoms with Gasteiger partial charge in [-0.3, -0.25) is 9.78 Å². The first-order chi connectivity index (χ1) is 14.5. The smallest absolute Gasteiger partial charge is 0.343 e. The number of benzene rings is 1. The third kappa shape index (κ3) is 4.27. The lowest BCUT2D eigenvalue weighted by molar-refractivity contribution is -0.136. The fourth-order valence-corrected chi connectivity index (χ4v) is 2.91. The number of halogens is 1. The molecule has 154 valence electrons. The van der Waals surface area contributed by atoms with Crippen LogP contribution >= 0.6 is 0 Å². The Labute approximate surface area is 171 Å². The third-order valence-corrected chi connectivity index (χ3v) is 4.24. The van der Waals surface area contributed by atoms with Crippen molar-refractivity contribution in [3.63, 3.8) is 0 Å². The monoisotopic (exact) mass is 410 g/mol. The van der Waals surface area contributed by atoms with Gasteiger partial charge in [0.2, 0.25) is 5.43 Å². The standard InChI is InChI=1S/C22H19FN2O5/c1-3-29-21(27)17(14-7-9-24-10-8-14)12-25-13-18(22(28)30-4-2)20(26)16-11-15(23)5-6-19(16)25/h5-13H,3-4H2,1-2H3/b17-12-. The molecule has 0 radical (unpaired) electrons. The molecule has 2 aromatic heterocycles. The summed E-state index contributed by atoms with van der Waals surface area (Å²) in [4.78, 5) is 41.6. The topological polar surface area (TPSA) is 87.5 Å². The van der Waals surface area contributed by atoms with Crippen molar-refractivity contribution in [3.8, 4) is 0 Å². The number of rotatable bonds is 6. The van der Waals surface area contributed by atoms with Gasteiger partial charge in [-0.15, -0.1) is 0 Å². The molecule has 30 heavy (non-hydrogen) atoms. The Morgan fingerprint density at radius 1 is 1.10 bits per heavy atom. The van der Waals surface area contributed by atoms with Crippen molar-refractivity contribution in [2.45, 2.75) is 13.8 Å². The molecule has 0 amide bonds. The number of fused-ring (bicyclic) bond motifs is 1. The van der Waals surface area contributed by atoms with Crippen molar-refractivity contribution in [2.24, 2.45) is 0 Å². The molecule has 2 heterocycles. The summed E-state index contributed by atoms with van der Waals surface area (Å²) in [6, 6.07) is 6.87. The quantitative estimate of drug-likeness (QED) is 0.458. The maximum atomic E-state index is 13.8. The second-order valence-electron chi connectivity index (χ2n) is 6.16. The first-order valence-corrected chi connectivity index (χ1v) is 9.27. The van der Waals surface area contributed by atoms with Gasteiger partial charge in [-0.1, -0.05) is 0 Å². The van der Waals surface area contributed by atoms with E-state index in [-0.39, 0.29) is 29.7 Å². The molecule has 0 unspecified atom stereocenters. The van der Waals surface area contributed by atoms with Crippen molar-refractivity contribution in [2.75, 3.05) is 13.2 Å². The zero-order chi connectivity index (χ0) is 21.7. The van der Waals surface area contributed by atoms with Crippen molar-refractivity contribution in [3.05, 3.63) is 76.1 Å². The van der Waals surface area contributed by atoms with Gasteiger partial charge in [0.05, 0.1) is 24.3 Å². The molecule has 0 spiro atoms. The highest BCUT2D eigenvalue weighted by atomic mass is 19.1. The highest BCUT2D eigenvalue weighted by molar-refractivity contribution is 6.20. The van der Waals surface area contributed by atoms with Crippen LogP contribution in [0.2, 0.25) is 0 Å². The molecular formula is C22H19FN2O5. The van der Waals surface area contributed by atoms with Crippen LogP contribution in [0.25, 0.3) is 22.7 Å². The molecule has 8 heteroatoms. The lowest BCUT2D eigenvalue weighted by atomic mass is 10.1. The van der Waals surface area contributed by atoms with E-state index in [9.17, 15) is 18.8 Å². The van der Waals surface area contributed by atoms with E-state index in [1.54, 1.807) is 26.0 Å². The molecule has 0 aliphatic carbocycles. The molecule has 0 fully saturated rings. The zero-order valence-corrected chi connectivity index (χ0v) is 16.4. The molecule has 0 aliphatic heterocycles. The molecule has 0 atom stereocenters. The SMILES string of the molecule is CCOC(=O)/C(=C\n1cc(C(=O)OCC)c(=O)c2cc(F)ccc21)c1ccncc1. The number of hydrogen-bond acceptors (Lipinski definition) is 6. The Kier molecular flexibility index (Phi) is 6.36. The summed E-state index contributed by atoms with van der Waals surface area (Å²) in [5, 5.41) is -0.0188. The van der Waals surface area contributed by atoms with Gasteiger partial charge >= 0.3 is 11.9 Å². The Hall–Kier alpha value is -3.81. The van der Waals surface area contributed by atoms with Crippen molar-refractivity contribution in [1.29, 1.82) is 0 Å². The summed E-state index contributed by atoms with van der Waals surface area (Å²) < 4.78 is 25.3. The van der Waals surface area contributed by atoms with E-state index in [1.165, 1.54) is 41.5 Å². The number of carbonyl (C=O) groups excluding carboxylic acids is 2. The van der Waals surface area contributed by atoms with E-state index < -0.39 is 23.2 Å². The Bertz CT molecular complexity index is 1190. The minimum atomic E-state index is -0.836. The summed E-state index contributed by atoms with van der Waals surface area (Å²) in [6.07, 6.45) is 5.73. The Morgan fingerprint density at radius 2 is 1.80 bits per heavy atom. The number of carbonyl (C=O) groups is 2. The van der Waals surface area contributed by atoms with Gasteiger partial charge in [0.25, 0.3) is 0 Å². The molecule has 3 rings (SSSR count). The molecule has 0 N–H and O–H groups in total. The van der Waals surface area contributed by atoms with E-state index in [2.05, 4.69) is 4.98 Å². The fourth-order valence-electron chi connectivity index (χ4n) is 2.91. The second-order valence-corrected chi connectivity index (χ2v) is 6.16. The van der Waals surface area contributed by atoms with Crippen molar-refractivity contribution < 1.29 is 23.5 Å². The zero-order valence-electron chi connectivity index (χ0n) is 16.4. The summed E-state index contributed by atoms with van der Waals surface area (Å²) in [7, 11) is 0. The number of aromatic nitrogens is 2. The Morgan fingerprint density at radius 3 is 2.47 bits per heavy atom. The van der Waals surface area contributed by atoms with Crippen LogP contribution in [0.1, 0.15) is 29.8 Å². The number of nitrogens with zero attached hydrogens (tertiary/aromatic N) is 2. The first kappa shape index (κ1) is 20.9. The fraction of sp³-hybridized carbons (Fsp3) is 0.182. The van der Waals surface area contributed by atoms with Crippen molar-refractivity contribution >= 4 is 34.6 Å². The van der Waals surface area contributed by atoms with Crippen molar-refractivity contribution in [1.82, 2.24) is 9.55 Å². The minimum Gasteiger partial charge on any atom is -0.462 e. The van der Waals surface area contributed by atoms with E-state index >= 15 is 0 Å². The number of ether oxygens (including phenoxy) is 2. The normalized spacial score (nSPS) is 11.4. The molecule has 0 saturated carbocycles. The average molecular weight is 410 g/mol. The maximum absolute atomic E-state index is 13.8. The summed E-state index contributed by atoms with van der Waals surface area (Å²) >= 11 is 0. The largest absolute Gasteiger partial charge is 0.462 e. The molecular weight excluding hydrogens is 391 g/mol. The number of pyridine rings is 2. The molecule has 1 aromatic carbocycles. The number of hydrogen-bond donors (Lipinski definition) is 0. The van der Waals surface area contributed by atoms with E-state index in [0.717, 1.165) is 6.07 Å². The van der Waals surface area contributed by atoms with Crippen LogP contribution in [0.5, 0.6) is 0 Å². The highest BCUT2D eigenvalue weighted by Crippen LogP contribution is 2.21. The van der Waals surface area contributed by atoms with E-state index in [4.69, 9.17) is 9.47 Å². The number of esters is 2. The van der Waals surface area contributed by atoms with Gasteiger partial charge in [-0.25, -0.2) is 14.0 Å². The molecule has 0 saturated heterocycles. The predicted molar refractivity (Wildman–Crippen MR) is 109 cm³/mol. The molecule has 7 nitrogen and oxygen atoms in total. The van der Waals surface area contributed by atoms with Crippen LogP contribution in [-0.4, -0.2) is 34.7 Å². The highest BCUT2D eigenvalue weighted by Gasteiger charge is 2.19. The van der Waals surface area contributed by atoms with Crippen LogP contribution < -0.4 is 5.43 Å². The average Bonchev–Trinajstić information content (AvgIpc) is 2.74. The second kappa shape index (κ2) is 9.13. The van der Waals surface area contributed by atoms with Gasteiger partial charge in [0.1, 0.15) is 11.4 Å². The van der Waals surface area contributed by atoms with Gasteiger partial charge in [-0.2, -0.15) is 0 Å². The summed E-state index contributed by atoms with van der Waals surface area (Å²) in [5.41, 5.74) is 0.0714. The van der Waals surface area contributed by atoms with E-state index in [1.807, 2.05) is 0 Å². The molecule has 3 aromatic rings. The van der Waals surface area contributed by atoms with E-state index in [0.29, 0.717) is 11.1 Å². The minimum absolute atomic E-state index is 0.0188. The lowest BCUT2D eigenvalue weighted by Gasteiger charge is -2.13. The van der Waals surface area contributed by atoms with Gasteiger partial charge in [0, 0.05) is 30.2 Å². The lowest BCUT2D eigenvalue weighted by Crippen LogP contribution is -2.20. The van der Waals surface area contributed by atoms with Crippen LogP contribution in [0, 0.1) is 5.82 Å².